The Morgan fingerprint density at radius 1 is 1.30 bits per heavy atom. The fraction of sp³-hybridized carbons (Fsp3) is 0.0769. The highest BCUT2D eigenvalue weighted by atomic mass is 19.1. The van der Waals surface area contributed by atoms with E-state index in [2.05, 4.69) is 10.3 Å². The third-order valence-electron chi connectivity index (χ3n) is 2.72. The first-order valence-electron chi connectivity index (χ1n) is 5.69. The van der Waals surface area contributed by atoms with E-state index in [1.807, 2.05) is 0 Å². The molecule has 0 saturated heterocycles. The number of carboxylic acid groups (broad SMARTS) is 1. The highest BCUT2D eigenvalue weighted by Gasteiger charge is 2.16. The molecule has 2 heterocycles. The van der Waals surface area contributed by atoms with Crippen molar-refractivity contribution in [3.8, 4) is 11.5 Å². The van der Waals surface area contributed by atoms with Gasteiger partial charge in [-0.05, 0) is 18.2 Å². The summed E-state index contributed by atoms with van der Waals surface area (Å²) in [5, 5.41) is 11.8. The summed E-state index contributed by atoms with van der Waals surface area (Å²) < 4.78 is 23.4. The Labute approximate surface area is 112 Å². The molecule has 3 rings (SSSR count). The summed E-state index contributed by atoms with van der Waals surface area (Å²) in [6.07, 6.45) is 0.946. The lowest BCUT2D eigenvalue weighted by atomic mass is 10.2. The van der Waals surface area contributed by atoms with E-state index in [4.69, 9.17) is 14.6 Å². The number of hydrogen-bond acceptors (Lipinski definition) is 5. The van der Waals surface area contributed by atoms with Crippen LogP contribution in [0.4, 0.5) is 15.9 Å². The minimum Gasteiger partial charge on any atom is -0.478 e. The van der Waals surface area contributed by atoms with Gasteiger partial charge in [0, 0.05) is 11.8 Å². The minimum absolute atomic E-state index is 0.0535. The lowest BCUT2D eigenvalue weighted by Crippen LogP contribution is -2.05. The van der Waals surface area contributed by atoms with Gasteiger partial charge in [0.05, 0.1) is 6.20 Å². The lowest BCUT2D eigenvalue weighted by Gasteiger charge is -2.09. The zero-order chi connectivity index (χ0) is 14.1. The average Bonchev–Trinajstić information content (AvgIpc) is 2.88. The number of carboxylic acids is 1. The molecule has 0 bridgehead atoms. The van der Waals surface area contributed by atoms with Crippen molar-refractivity contribution in [3.63, 3.8) is 0 Å². The first-order chi connectivity index (χ1) is 9.63. The molecule has 1 aliphatic rings. The quantitative estimate of drug-likeness (QED) is 0.896. The van der Waals surface area contributed by atoms with E-state index in [1.165, 1.54) is 0 Å². The maximum absolute atomic E-state index is 13.0. The van der Waals surface area contributed by atoms with Gasteiger partial charge in [0.15, 0.2) is 11.5 Å². The number of ether oxygens (including phenoxy) is 2. The lowest BCUT2D eigenvalue weighted by molar-refractivity contribution is 0.0697. The molecule has 1 aliphatic heterocycles. The first-order valence-corrected chi connectivity index (χ1v) is 5.69. The van der Waals surface area contributed by atoms with Gasteiger partial charge in [-0.2, -0.15) is 0 Å². The van der Waals surface area contributed by atoms with Gasteiger partial charge in [0.25, 0.3) is 0 Å². The van der Waals surface area contributed by atoms with Gasteiger partial charge in [-0.3, -0.25) is 0 Å². The maximum Gasteiger partial charge on any atom is 0.339 e. The topological polar surface area (TPSA) is 80.7 Å². The van der Waals surface area contributed by atoms with Crippen molar-refractivity contribution in [2.75, 3.05) is 12.1 Å². The van der Waals surface area contributed by atoms with E-state index in [-0.39, 0.29) is 18.2 Å². The van der Waals surface area contributed by atoms with Crippen LogP contribution in [0.25, 0.3) is 0 Å². The number of halogens is 1. The van der Waals surface area contributed by atoms with Crippen LogP contribution in [0.1, 0.15) is 10.4 Å². The highest BCUT2D eigenvalue weighted by molar-refractivity contribution is 5.94. The molecule has 0 amide bonds. The molecule has 1 aromatic heterocycles. The van der Waals surface area contributed by atoms with Crippen LogP contribution in [0.3, 0.4) is 0 Å². The van der Waals surface area contributed by atoms with Crippen molar-refractivity contribution in [2.45, 2.75) is 0 Å². The molecular weight excluding hydrogens is 267 g/mol. The van der Waals surface area contributed by atoms with Gasteiger partial charge in [0.1, 0.15) is 17.2 Å². The molecule has 0 fully saturated rings. The summed E-state index contributed by atoms with van der Waals surface area (Å²) in [6, 6.07) is 5.93. The number of rotatable bonds is 3. The fourth-order valence-corrected chi connectivity index (χ4v) is 1.81. The van der Waals surface area contributed by atoms with Crippen molar-refractivity contribution in [2.24, 2.45) is 0 Å². The average molecular weight is 276 g/mol. The van der Waals surface area contributed by atoms with Crippen molar-refractivity contribution in [3.05, 3.63) is 41.8 Å². The number of fused-ring (bicyclic) bond motifs is 1. The van der Waals surface area contributed by atoms with E-state index in [0.717, 1.165) is 12.3 Å². The molecule has 0 unspecified atom stereocenters. The fourth-order valence-electron chi connectivity index (χ4n) is 1.81. The van der Waals surface area contributed by atoms with E-state index in [9.17, 15) is 9.18 Å². The SMILES string of the molecule is O=C(O)c1cc(F)cnc1Nc1ccc2c(c1)OCO2. The molecule has 6 nitrogen and oxygen atoms in total. The Morgan fingerprint density at radius 2 is 2.10 bits per heavy atom. The number of nitrogens with one attached hydrogen (secondary N) is 1. The first kappa shape index (κ1) is 12.2. The van der Waals surface area contributed by atoms with Crippen molar-refractivity contribution >= 4 is 17.5 Å². The number of benzene rings is 1. The summed E-state index contributed by atoms with van der Waals surface area (Å²) in [4.78, 5) is 14.8. The second-order valence-corrected chi connectivity index (χ2v) is 4.05. The van der Waals surface area contributed by atoms with E-state index >= 15 is 0 Å². The number of pyridine rings is 1. The smallest absolute Gasteiger partial charge is 0.339 e. The summed E-state index contributed by atoms with van der Waals surface area (Å²) in [5.41, 5.74) is 0.318. The number of carbonyl (C=O) groups is 1. The summed E-state index contributed by atoms with van der Waals surface area (Å²) in [6.45, 7) is 0.147. The van der Waals surface area contributed by atoms with Gasteiger partial charge in [-0.15, -0.1) is 0 Å². The highest BCUT2D eigenvalue weighted by Crippen LogP contribution is 2.35. The third-order valence-corrected chi connectivity index (χ3v) is 2.72. The molecule has 0 spiro atoms. The molecule has 1 aromatic carbocycles. The van der Waals surface area contributed by atoms with E-state index in [0.29, 0.717) is 17.2 Å². The van der Waals surface area contributed by atoms with Crippen LogP contribution in [0, 0.1) is 5.82 Å². The summed E-state index contributed by atoms with van der Waals surface area (Å²) >= 11 is 0. The zero-order valence-corrected chi connectivity index (χ0v) is 10.1. The molecule has 0 aliphatic carbocycles. The van der Waals surface area contributed by atoms with Crippen LogP contribution in [0.2, 0.25) is 0 Å². The van der Waals surface area contributed by atoms with Crippen LogP contribution >= 0.6 is 0 Å². The van der Waals surface area contributed by atoms with Crippen LogP contribution in [0.15, 0.2) is 30.5 Å². The Bertz CT molecular complexity index is 690. The zero-order valence-electron chi connectivity index (χ0n) is 10.1. The molecule has 0 saturated carbocycles. The Balaban J connectivity index is 1.93. The Hall–Kier alpha value is -2.83. The van der Waals surface area contributed by atoms with Crippen LogP contribution in [-0.2, 0) is 0 Å². The molecule has 2 N–H and O–H groups in total. The predicted octanol–water partition coefficient (Wildman–Crippen LogP) is 2.39. The van der Waals surface area contributed by atoms with Crippen molar-refractivity contribution in [1.82, 2.24) is 4.98 Å². The van der Waals surface area contributed by atoms with Crippen molar-refractivity contribution < 1.29 is 23.8 Å². The molecule has 0 atom stereocenters. The Morgan fingerprint density at radius 3 is 2.90 bits per heavy atom. The standard InChI is InChI=1S/C13H9FN2O4/c14-7-3-9(13(17)18)12(15-5-7)16-8-1-2-10-11(4-8)20-6-19-10/h1-5H,6H2,(H,15,16)(H,17,18). The number of aromatic carboxylic acids is 1. The van der Waals surface area contributed by atoms with E-state index in [1.54, 1.807) is 18.2 Å². The molecule has 7 heteroatoms. The van der Waals surface area contributed by atoms with Crippen LogP contribution < -0.4 is 14.8 Å². The van der Waals surface area contributed by atoms with Gasteiger partial charge in [-0.25, -0.2) is 14.2 Å². The molecule has 2 aromatic rings. The number of hydrogen-bond donors (Lipinski definition) is 2. The number of aromatic nitrogens is 1. The van der Waals surface area contributed by atoms with Crippen LogP contribution in [-0.4, -0.2) is 22.9 Å². The second kappa shape index (κ2) is 4.69. The maximum atomic E-state index is 13.0. The minimum atomic E-state index is -1.26. The van der Waals surface area contributed by atoms with Crippen LogP contribution in [0.5, 0.6) is 11.5 Å². The number of nitrogens with zero attached hydrogens (tertiary/aromatic N) is 1. The van der Waals surface area contributed by atoms with E-state index < -0.39 is 11.8 Å². The summed E-state index contributed by atoms with van der Waals surface area (Å²) in [5.74, 6) is -0.758. The largest absolute Gasteiger partial charge is 0.478 e. The Kier molecular flexibility index (Phi) is 2.86. The molecule has 20 heavy (non-hydrogen) atoms. The predicted molar refractivity (Wildman–Crippen MR) is 67.0 cm³/mol. The third kappa shape index (κ3) is 2.20. The van der Waals surface area contributed by atoms with Gasteiger partial charge in [0.2, 0.25) is 6.79 Å². The summed E-state index contributed by atoms with van der Waals surface area (Å²) in [7, 11) is 0. The van der Waals surface area contributed by atoms with Gasteiger partial charge >= 0.3 is 5.97 Å². The normalized spacial score (nSPS) is 12.2. The van der Waals surface area contributed by atoms with Gasteiger partial charge in [-0.1, -0.05) is 0 Å². The van der Waals surface area contributed by atoms with Gasteiger partial charge < -0.3 is 19.9 Å². The number of anilines is 2. The molecule has 102 valence electrons. The molecule has 0 radical (unpaired) electrons. The second-order valence-electron chi connectivity index (χ2n) is 4.05. The van der Waals surface area contributed by atoms with Crippen molar-refractivity contribution in [1.29, 1.82) is 0 Å². The molecular formula is C13H9FN2O4. The monoisotopic (exact) mass is 276 g/mol.